The lowest BCUT2D eigenvalue weighted by Crippen LogP contribution is -2.51. The Hall–Kier alpha value is -3.10. The van der Waals surface area contributed by atoms with Crippen molar-refractivity contribution in [2.75, 3.05) is 31.6 Å². The first-order valence-electron chi connectivity index (χ1n) is 13.9. The summed E-state index contributed by atoms with van der Waals surface area (Å²) < 4.78 is 34.3. The van der Waals surface area contributed by atoms with Crippen molar-refractivity contribution in [3.05, 3.63) is 54.0 Å². The zero-order valence-corrected chi connectivity index (χ0v) is 22.1. The van der Waals surface area contributed by atoms with Crippen LogP contribution in [0.5, 0.6) is 0 Å². The Morgan fingerprint density at radius 2 is 1.79 bits per heavy atom. The fraction of sp³-hybridized carbons (Fsp3) is 0.467. The zero-order valence-electron chi connectivity index (χ0n) is 22.1. The number of nitrogens with zero attached hydrogens (tertiary/aromatic N) is 5. The first-order valence-corrected chi connectivity index (χ1v) is 13.9. The molecule has 0 amide bonds. The molecule has 2 aromatic carbocycles. The van der Waals surface area contributed by atoms with Crippen molar-refractivity contribution in [1.29, 1.82) is 0 Å². The third kappa shape index (κ3) is 3.96. The number of para-hydroxylation sites is 1. The number of benzene rings is 2. The Morgan fingerprint density at radius 1 is 1.00 bits per heavy atom. The molecule has 0 aliphatic carbocycles. The van der Waals surface area contributed by atoms with Crippen molar-refractivity contribution in [1.82, 2.24) is 24.8 Å². The van der Waals surface area contributed by atoms with Gasteiger partial charge in [-0.1, -0.05) is 18.2 Å². The SMILES string of the molecule is CN1CCCC1CCc1nc(N2CC3CC[C@@H](C2)N3)c2cc(F)c(-c3cn(C)c4ccccc34)c(F)c2n1. The van der Waals surface area contributed by atoms with Crippen LogP contribution in [0.4, 0.5) is 14.6 Å². The van der Waals surface area contributed by atoms with E-state index in [9.17, 15) is 0 Å². The van der Waals surface area contributed by atoms with Crippen molar-refractivity contribution in [3.8, 4) is 11.1 Å². The predicted molar refractivity (Wildman–Crippen MR) is 147 cm³/mol. The maximum absolute atomic E-state index is 16.5. The standard InChI is InChI=1S/C30H34F2N6/c1-36-13-5-6-20(36)11-12-26-34-29-22(30(35-26)38-15-18-9-10-19(16-38)33-18)14-24(31)27(28(29)32)23-17-37(2)25-8-4-3-7-21(23)25/h3-4,7-8,14,17-20,33H,5-6,9-13,15-16H2,1-2H3/t18-,19?,20?/m0/s1. The summed E-state index contributed by atoms with van der Waals surface area (Å²) in [4.78, 5) is 14.4. The van der Waals surface area contributed by atoms with E-state index in [4.69, 9.17) is 9.97 Å². The molecule has 8 heteroatoms. The van der Waals surface area contributed by atoms with Crippen LogP contribution in [0, 0.1) is 11.6 Å². The van der Waals surface area contributed by atoms with Crippen LogP contribution in [0.3, 0.4) is 0 Å². The molecule has 2 unspecified atom stereocenters. The minimum Gasteiger partial charge on any atom is -0.353 e. The largest absolute Gasteiger partial charge is 0.353 e. The molecule has 3 saturated heterocycles. The number of likely N-dealkylation sites (tertiary alicyclic amines) is 1. The van der Waals surface area contributed by atoms with Gasteiger partial charge in [-0.15, -0.1) is 0 Å². The fourth-order valence-corrected chi connectivity index (χ4v) is 6.98. The molecule has 6 nitrogen and oxygen atoms in total. The third-order valence-corrected chi connectivity index (χ3v) is 8.96. The number of aryl methyl sites for hydroxylation is 2. The van der Waals surface area contributed by atoms with E-state index in [1.54, 1.807) is 0 Å². The Kier molecular flexibility index (Phi) is 5.85. The van der Waals surface area contributed by atoms with E-state index in [2.05, 4.69) is 22.2 Å². The summed E-state index contributed by atoms with van der Waals surface area (Å²) >= 11 is 0. The van der Waals surface area contributed by atoms with Crippen LogP contribution >= 0.6 is 0 Å². The lowest BCUT2D eigenvalue weighted by atomic mass is 10.0. The molecule has 1 N–H and O–H groups in total. The summed E-state index contributed by atoms with van der Waals surface area (Å²) in [6.45, 7) is 2.70. The van der Waals surface area contributed by atoms with Crippen LogP contribution in [0.1, 0.15) is 37.9 Å². The average Bonchev–Trinajstić information content (AvgIpc) is 3.59. The Morgan fingerprint density at radius 3 is 2.55 bits per heavy atom. The normalized spacial score (nSPS) is 23.8. The van der Waals surface area contributed by atoms with Gasteiger partial charge in [0.2, 0.25) is 0 Å². The monoisotopic (exact) mass is 516 g/mol. The summed E-state index contributed by atoms with van der Waals surface area (Å²) in [7, 11) is 4.07. The number of fused-ring (bicyclic) bond motifs is 4. The number of hydrogen-bond acceptors (Lipinski definition) is 5. The number of nitrogens with one attached hydrogen (secondary N) is 1. The smallest absolute Gasteiger partial charge is 0.160 e. The van der Waals surface area contributed by atoms with Gasteiger partial charge in [0.05, 0.1) is 5.56 Å². The topological polar surface area (TPSA) is 49.2 Å². The molecule has 3 fully saturated rings. The molecule has 2 bridgehead atoms. The van der Waals surface area contributed by atoms with Crippen LogP contribution in [-0.4, -0.2) is 64.2 Å². The first-order chi connectivity index (χ1) is 18.5. The quantitative estimate of drug-likeness (QED) is 0.403. The van der Waals surface area contributed by atoms with Crippen LogP contribution in [-0.2, 0) is 13.5 Å². The molecule has 7 rings (SSSR count). The number of aromatic nitrogens is 3. The minimum atomic E-state index is -0.600. The maximum atomic E-state index is 16.5. The van der Waals surface area contributed by atoms with Gasteiger partial charge in [-0.3, -0.25) is 0 Å². The molecule has 0 radical (unpaired) electrons. The summed E-state index contributed by atoms with van der Waals surface area (Å²) in [5.41, 5.74) is 1.69. The first kappa shape index (κ1) is 24.0. The predicted octanol–water partition coefficient (Wildman–Crippen LogP) is 5.03. The van der Waals surface area contributed by atoms with E-state index in [1.807, 2.05) is 42.1 Å². The molecule has 3 aliphatic heterocycles. The van der Waals surface area contributed by atoms with E-state index in [1.165, 1.54) is 18.9 Å². The Labute approximate surface area is 221 Å². The molecule has 0 spiro atoms. The van der Waals surface area contributed by atoms with Gasteiger partial charge in [-0.2, -0.15) is 0 Å². The van der Waals surface area contributed by atoms with E-state index in [0.29, 0.717) is 47.1 Å². The minimum absolute atomic E-state index is 0.0131. The molecule has 3 aliphatic rings. The molecular weight excluding hydrogens is 482 g/mol. The maximum Gasteiger partial charge on any atom is 0.160 e. The van der Waals surface area contributed by atoms with Crippen molar-refractivity contribution in [2.24, 2.45) is 7.05 Å². The van der Waals surface area contributed by atoms with Gasteiger partial charge in [-0.25, -0.2) is 18.7 Å². The molecule has 198 valence electrons. The van der Waals surface area contributed by atoms with E-state index in [-0.39, 0.29) is 11.1 Å². The van der Waals surface area contributed by atoms with Crippen LogP contribution in [0.2, 0.25) is 0 Å². The fourth-order valence-electron chi connectivity index (χ4n) is 6.98. The lowest BCUT2D eigenvalue weighted by Gasteiger charge is -2.34. The molecule has 2 aromatic heterocycles. The van der Waals surface area contributed by atoms with Gasteiger partial charge in [-0.05, 0) is 57.8 Å². The van der Waals surface area contributed by atoms with Crippen molar-refractivity contribution in [2.45, 2.75) is 56.7 Å². The van der Waals surface area contributed by atoms with Gasteiger partial charge < -0.3 is 19.7 Å². The van der Waals surface area contributed by atoms with E-state index in [0.717, 1.165) is 49.8 Å². The van der Waals surface area contributed by atoms with E-state index < -0.39 is 11.6 Å². The van der Waals surface area contributed by atoms with Gasteiger partial charge in [0.15, 0.2) is 5.82 Å². The second-order valence-corrected chi connectivity index (χ2v) is 11.4. The van der Waals surface area contributed by atoms with E-state index >= 15 is 8.78 Å². The highest BCUT2D eigenvalue weighted by atomic mass is 19.1. The molecule has 3 atom stereocenters. The number of anilines is 1. The summed E-state index contributed by atoms with van der Waals surface area (Å²) in [6.07, 6.45) is 8.05. The van der Waals surface area contributed by atoms with Crippen LogP contribution < -0.4 is 10.2 Å². The highest BCUT2D eigenvalue weighted by Gasteiger charge is 2.34. The Balaban J connectivity index is 1.37. The lowest BCUT2D eigenvalue weighted by molar-refractivity contribution is 0.295. The van der Waals surface area contributed by atoms with Crippen molar-refractivity contribution >= 4 is 27.6 Å². The number of rotatable bonds is 5. The van der Waals surface area contributed by atoms with Gasteiger partial charge in [0, 0.05) is 72.7 Å². The molecule has 5 heterocycles. The molecule has 38 heavy (non-hydrogen) atoms. The van der Waals surface area contributed by atoms with Crippen LogP contribution in [0.15, 0.2) is 36.5 Å². The third-order valence-electron chi connectivity index (χ3n) is 8.96. The number of hydrogen-bond donors (Lipinski definition) is 1. The summed E-state index contributed by atoms with van der Waals surface area (Å²) in [6, 6.07) is 10.5. The molecular formula is C30H34F2N6. The number of piperazine rings is 1. The zero-order chi connectivity index (χ0) is 26.0. The highest BCUT2D eigenvalue weighted by molar-refractivity contribution is 6.00. The summed E-state index contributed by atoms with van der Waals surface area (Å²) in [5.74, 6) is 0.144. The van der Waals surface area contributed by atoms with Gasteiger partial charge >= 0.3 is 0 Å². The molecule has 4 aromatic rings. The van der Waals surface area contributed by atoms with Crippen molar-refractivity contribution in [3.63, 3.8) is 0 Å². The van der Waals surface area contributed by atoms with Crippen LogP contribution in [0.25, 0.3) is 32.9 Å². The second-order valence-electron chi connectivity index (χ2n) is 11.4. The number of halogens is 2. The average molecular weight is 517 g/mol. The second kappa shape index (κ2) is 9.27. The van der Waals surface area contributed by atoms with Crippen molar-refractivity contribution < 1.29 is 8.78 Å². The summed E-state index contributed by atoms with van der Waals surface area (Å²) in [5, 5.41) is 4.94. The molecule has 0 saturated carbocycles. The Bertz CT molecular complexity index is 1520. The van der Waals surface area contributed by atoms with Gasteiger partial charge in [0.1, 0.15) is 23.0 Å². The van der Waals surface area contributed by atoms with Gasteiger partial charge in [0.25, 0.3) is 0 Å². The highest BCUT2D eigenvalue weighted by Crippen LogP contribution is 2.39.